The Morgan fingerprint density at radius 1 is 0.812 bits per heavy atom. The van der Waals surface area contributed by atoms with Crippen molar-refractivity contribution in [2.24, 2.45) is 0 Å². The maximum atomic E-state index is 5.86. The topological polar surface area (TPSA) is 35.2 Å². The molecule has 0 fully saturated rings. The SMILES string of the molecule is Nc1ccc(Oc2cc(Cl)cc(Cl)c2)cc1. The first-order chi connectivity index (χ1) is 7.63. The van der Waals surface area contributed by atoms with Crippen molar-refractivity contribution in [1.29, 1.82) is 0 Å². The lowest BCUT2D eigenvalue weighted by Gasteiger charge is -2.06. The van der Waals surface area contributed by atoms with Crippen LogP contribution < -0.4 is 10.5 Å². The molecule has 16 heavy (non-hydrogen) atoms. The molecule has 0 aliphatic heterocycles. The second kappa shape index (κ2) is 4.64. The third-order valence-corrected chi connectivity index (χ3v) is 2.39. The summed E-state index contributed by atoms with van der Waals surface area (Å²) >= 11 is 11.7. The van der Waals surface area contributed by atoms with Crippen molar-refractivity contribution < 1.29 is 4.74 Å². The zero-order valence-corrected chi connectivity index (χ0v) is 9.79. The molecule has 0 radical (unpaired) electrons. The summed E-state index contributed by atoms with van der Waals surface area (Å²) in [7, 11) is 0. The Bertz CT molecular complexity index is 477. The summed E-state index contributed by atoms with van der Waals surface area (Å²) in [5.41, 5.74) is 6.26. The number of nitrogen functional groups attached to an aromatic ring is 1. The molecule has 0 bridgehead atoms. The van der Waals surface area contributed by atoms with E-state index in [0.29, 0.717) is 27.2 Å². The van der Waals surface area contributed by atoms with Gasteiger partial charge in [-0.3, -0.25) is 0 Å². The van der Waals surface area contributed by atoms with Crippen LogP contribution in [-0.2, 0) is 0 Å². The number of benzene rings is 2. The Balaban J connectivity index is 2.23. The lowest BCUT2D eigenvalue weighted by atomic mass is 10.3. The third-order valence-electron chi connectivity index (χ3n) is 1.95. The highest BCUT2D eigenvalue weighted by Crippen LogP contribution is 2.28. The van der Waals surface area contributed by atoms with Crippen molar-refractivity contribution in [2.75, 3.05) is 5.73 Å². The minimum absolute atomic E-state index is 0.540. The molecule has 0 heterocycles. The molecule has 2 aromatic carbocycles. The number of hydrogen-bond acceptors (Lipinski definition) is 2. The minimum atomic E-state index is 0.540. The molecular weight excluding hydrogens is 245 g/mol. The fraction of sp³-hybridized carbons (Fsp3) is 0. The van der Waals surface area contributed by atoms with Gasteiger partial charge in [0.1, 0.15) is 11.5 Å². The monoisotopic (exact) mass is 253 g/mol. The molecule has 0 saturated carbocycles. The number of nitrogens with two attached hydrogens (primary N) is 1. The molecule has 4 heteroatoms. The van der Waals surface area contributed by atoms with Gasteiger partial charge < -0.3 is 10.5 Å². The first-order valence-corrected chi connectivity index (χ1v) is 5.38. The summed E-state index contributed by atoms with van der Waals surface area (Å²) in [5.74, 6) is 1.29. The summed E-state index contributed by atoms with van der Waals surface area (Å²) in [6.45, 7) is 0. The average molecular weight is 254 g/mol. The van der Waals surface area contributed by atoms with Gasteiger partial charge in [-0.25, -0.2) is 0 Å². The molecule has 2 aromatic rings. The quantitative estimate of drug-likeness (QED) is 0.807. The van der Waals surface area contributed by atoms with E-state index in [1.54, 1.807) is 42.5 Å². The fourth-order valence-electron chi connectivity index (χ4n) is 1.26. The minimum Gasteiger partial charge on any atom is -0.457 e. The van der Waals surface area contributed by atoms with Crippen molar-refractivity contribution in [2.45, 2.75) is 0 Å². The lowest BCUT2D eigenvalue weighted by Crippen LogP contribution is -1.86. The van der Waals surface area contributed by atoms with Gasteiger partial charge in [0, 0.05) is 15.7 Å². The van der Waals surface area contributed by atoms with Crippen LogP contribution in [0.2, 0.25) is 10.0 Å². The summed E-state index contributed by atoms with van der Waals surface area (Å²) in [6, 6.07) is 12.1. The summed E-state index contributed by atoms with van der Waals surface area (Å²) in [4.78, 5) is 0. The fourth-order valence-corrected chi connectivity index (χ4v) is 1.77. The summed E-state index contributed by atoms with van der Waals surface area (Å²) in [5, 5.41) is 1.08. The molecule has 2 nitrogen and oxygen atoms in total. The van der Waals surface area contributed by atoms with Gasteiger partial charge in [-0.05, 0) is 42.5 Å². The molecule has 0 aliphatic rings. The average Bonchev–Trinajstić information content (AvgIpc) is 2.20. The second-order valence-corrected chi connectivity index (χ2v) is 4.15. The molecule has 0 unspecified atom stereocenters. The Kier molecular flexibility index (Phi) is 3.22. The standard InChI is InChI=1S/C12H9Cl2NO/c13-8-5-9(14)7-12(6-8)16-11-3-1-10(15)2-4-11/h1-7H,15H2. The van der Waals surface area contributed by atoms with Crippen LogP contribution in [0.3, 0.4) is 0 Å². The van der Waals surface area contributed by atoms with E-state index in [1.807, 2.05) is 0 Å². The number of rotatable bonds is 2. The maximum absolute atomic E-state index is 5.86. The van der Waals surface area contributed by atoms with Gasteiger partial charge in [0.2, 0.25) is 0 Å². The maximum Gasteiger partial charge on any atom is 0.130 e. The predicted molar refractivity (Wildman–Crippen MR) is 67.4 cm³/mol. The van der Waals surface area contributed by atoms with Crippen LogP contribution in [0.25, 0.3) is 0 Å². The van der Waals surface area contributed by atoms with E-state index in [4.69, 9.17) is 33.7 Å². The van der Waals surface area contributed by atoms with Gasteiger partial charge in [0.25, 0.3) is 0 Å². The van der Waals surface area contributed by atoms with Crippen molar-refractivity contribution in [1.82, 2.24) is 0 Å². The van der Waals surface area contributed by atoms with E-state index in [0.717, 1.165) is 0 Å². The van der Waals surface area contributed by atoms with E-state index in [2.05, 4.69) is 0 Å². The van der Waals surface area contributed by atoms with E-state index in [9.17, 15) is 0 Å². The van der Waals surface area contributed by atoms with E-state index in [1.165, 1.54) is 0 Å². The first-order valence-electron chi connectivity index (χ1n) is 4.63. The van der Waals surface area contributed by atoms with Crippen LogP contribution in [0.1, 0.15) is 0 Å². The highest BCUT2D eigenvalue weighted by molar-refractivity contribution is 6.34. The molecule has 0 atom stereocenters. The number of ether oxygens (including phenoxy) is 1. The van der Waals surface area contributed by atoms with Crippen LogP contribution in [-0.4, -0.2) is 0 Å². The number of hydrogen-bond donors (Lipinski definition) is 1. The zero-order valence-electron chi connectivity index (χ0n) is 8.28. The zero-order chi connectivity index (χ0) is 11.5. The van der Waals surface area contributed by atoms with Gasteiger partial charge >= 0.3 is 0 Å². The van der Waals surface area contributed by atoms with Crippen LogP contribution in [0.4, 0.5) is 5.69 Å². The van der Waals surface area contributed by atoms with E-state index in [-0.39, 0.29) is 0 Å². The molecular formula is C12H9Cl2NO. The van der Waals surface area contributed by atoms with Crippen LogP contribution >= 0.6 is 23.2 Å². The van der Waals surface area contributed by atoms with E-state index >= 15 is 0 Å². The van der Waals surface area contributed by atoms with Gasteiger partial charge in [0.05, 0.1) is 0 Å². The number of halogens is 2. The van der Waals surface area contributed by atoms with Gasteiger partial charge in [-0.2, -0.15) is 0 Å². The highest BCUT2D eigenvalue weighted by Gasteiger charge is 2.00. The molecule has 0 aliphatic carbocycles. The Hall–Kier alpha value is -1.38. The first kappa shape index (κ1) is 11.1. The predicted octanol–water partition coefficient (Wildman–Crippen LogP) is 4.37. The van der Waals surface area contributed by atoms with Gasteiger partial charge in [-0.1, -0.05) is 23.2 Å². The Morgan fingerprint density at radius 2 is 1.38 bits per heavy atom. The molecule has 0 aromatic heterocycles. The van der Waals surface area contributed by atoms with Crippen LogP contribution in [0, 0.1) is 0 Å². The lowest BCUT2D eigenvalue weighted by molar-refractivity contribution is 0.483. The van der Waals surface area contributed by atoms with Crippen molar-refractivity contribution in [3.8, 4) is 11.5 Å². The second-order valence-electron chi connectivity index (χ2n) is 3.28. The molecule has 82 valence electrons. The van der Waals surface area contributed by atoms with Crippen LogP contribution in [0.15, 0.2) is 42.5 Å². The molecule has 2 N–H and O–H groups in total. The molecule has 0 amide bonds. The summed E-state index contributed by atoms with van der Waals surface area (Å²) < 4.78 is 5.57. The van der Waals surface area contributed by atoms with Crippen LogP contribution in [0.5, 0.6) is 11.5 Å². The number of anilines is 1. The van der Waals surface area contributed by atoms with Gasteiger partial charge in [-0.15, -0.1) is 0 Å². The third kappa shape index (κ3) is 2.81. The molecule has 0 saturated heterocycles. The van der Waals surface area contributed by atoms with Crippen molar-refractivity contribution in [3.05, 3.63) is 52.5 Å². The normalized spacial score (nSPS) is 10.1. The van der Waals surface area contributed by atoms with Gasteiger partial charge in [0.15, 0.2) is 0 Å². The van der Waals surface area contributed by atoms with E-state index < -0.39 is 0 Å². The highest BCUT2D eigenvalue weighted by atomic mass is 35.5. The Labute approximate surface area is 104 Å². The Morgan fingerprint density at radius 3 is 1.94 bits per heavy atom. The van der Waals surface area contributed by atoms with Crippen molar-refractivity contribution >= 4 is 28.9 Å². The molecule has 2 rings (SSSR count). The largest absolute Gasteiger partial charge is 0.457 e. The van der Waals surface area contributed by atoms with Crippen molar-refractivity contribution in [3.63, 3.8) is 0 Å². The summed E-state index contributed by atoms with van der Waals surface area (Å²) in [6.07, 6.45) is 0. The smallest absolute Gasteiger partial charge is 0.130 e. The molecule has 0 spiro atoms.